The van der Waals surface area contributed by atoms with Crippen LogP contribution in [-0.2, 0) is 14.3 Å². The number of thiazole rings is 1. The fraction of sp³-hybridized carbons (Fsp3) is 0.0870. The minimum atomic E-state index is -1.31. The largest absolute Gasteiger partial charge is 0.466 e. The Morgan fingerprint density at radius 1 is 1.06 bits per heavy atom. The van der Waals surface area contributed by atoms with Gasteiger partial charge in [-0.05, 0) is 18.2 Å². The Balaban J connectivity index is 2.16. The molecule has 10 heteroatoms. The monoisotopic (exact) mass is 469 g/mol. The zero-order valence-electron chi connectivity index (χ0n) is 17.2. The van der Waals surface area contributed by atoms with Crippen molar-refractivity contribution in [3.05, 3.63) is 96.4 Å². The zero-order valence-corrected chi connectivity index (χ0v) is 18.0. The first kappa shape index (κ1) is 22.2. The number of methoxy groups -OCH3 is 1. The van der Waals surface area contributed by atoms with Gasteiger partial charge in [-0.1, -0.05) is 36.4 Å². The van der Waals surface area contributed by atoms with Crippen LogP contribution in [-0.4, -0.2) is 23.6 Å². The summed E-state index contributed by atoms with van der Waals surface area (Å²) < 4.78 is 34.8. The second-order valence-electron chi connectivity index (χ2n) is 7.10. The van der Waals surface area contributed by atoms with Gasteiger partial charge in [0.05, 0.1) is 28.7 Å². The van der Waals surface area contributed by atoms with Crippen LogP contribution in [0.5, 0.6) is 0 Å². The van der Waals surface area contributed by atoms with Gasteiger partial charge in [0.1, 0.15) is 22.1 Å². The maximum atomic E-state index is 14.8. The van der Waals surface area contributed by atoms with Gasteiger partial charge in [0, 0.05) is 11.1 Å². The number of hydrogen-bond donors (Lipinski definition) is 2. The van der Waals surface area contributed by atoms with E-state index in [9.17, 15) is 23.2 Å². The summed E-state index contributed by atoms with van der Waals surface area (Å²) in [5.74, 6) is -4.84. The topological polar surface area (TPSA) is 117 Å². The van der Waals surface area contributed by atoms with E-state index in [-0.39, 0.29) is 37.3 Å². The van der Waals surface area contributed by atoms with Crippen LogP contribution in [0.25, 0.3) is 17.5 Å². The lowest BCUT2D eigenvalue weighted by molar-refractivity contribution is -0.136. The van der Waals surface area contributed by atoms with Crippen LogP contribution in [0, 0.1) is 11.6 Å². The molecule has 1 unspecified atom stereocenters. The van der Waals surface area contributed by atoms with Crippen molar-refractivity contribution in [3.63, 3.8) is 0 Å². The molecule has 1 atom stereocenters. The maximum absolute atomic E-state index is 14.8. The lowest BCUT2D eigenvalue weighted by atomic mass is 9.82. The molecule has 0 radical (unpaired) electrons. The highest BCUT2D eigenvalue weighted by atomic mass is 32.1. The van der Waals surface area contributed by atoms with E-state index in [2.05, 4.69) is 0 Å². The van der Waals surface area contributed by atoms with Crippen molar-refractivity contribution in [2.24, 2.45) is 11.5 Å². The second kappa shape index (κ2) is 8.47. The zero-order chi connectivity index (χ0) is 23.9. The predicted octanol–water partition coefficient (Wildman–Crippen LogP) is 0.751. The van der Waals surface area contributed by atoms with E-state index in [1.165, 1.54) is 42.5 Å². The molecule has 0 fully saturated rings. The molecule has 0 saturated heterocycles. The minimum absolute atomic E-state index is 0.0218. The number of carbonyl (C=O) groups is 2. The fourth-order valence-electron chi connectivity index (χ4n) is 3.75. The van der Waals surface area contributed by atoms with Crippen LogP contribution in [0.15, 0.2) is 58.9 Å². The molecule has 168 valence electrons. The molecule has 0 bridgehead atoms. The lowest BCUT2D eigenvalue weighted by Gasteiger charge is -2.26. The van der Waals surface area contributed by atoms with Crippen LogP contribution >= 0.6 is 11.3 Å². The standard InChI is InChI=1S/C23H17F2N3O4S/c1-32-23(31)17-16(12-7-3-5-9-14(12)25)18(20(27)29)22-28(19(17)26)21(30)15(33-22)10-11-6-2-4-8-13(11)24/h2-10,16H,26H2,1H3,(H2,27,29). The molecule has 7 nitrogen and oxygen atoms in total. The maximum Gasteiger partial charge on any atom is 0.338 e. The number of nitrogens with zero attached hydrogens (tertiary/aromatic N) is 1. The number of halogens is 2. The number of primary amides is 1. The molecular formula is C23H17F2N3O4S. The summed E-state index contributed by atoms with van der Waals surface area (Å²) in [6.45, 7) is 0. The number of carbonyl (C=O) groups excluding carboxylic acids is 2. The number of nitrogens with two attached hydrogens (primary N) is 2. The molecule has 3 aromatic rings. The molecule has 2 aromatic carbocycles. The number of rotatable bonds is 4. The van der Waals surface area contributed by atoms with E-state index in [1.54, 1.807) is 6.07 Å². The third-order valence-corrected chi connectivity index (χ3v) is 6.34. The normalized spacial score (nSPS) is 16.0. The summed E-state index contributed by atoms with van der Waals surface area (Å²) in [4.78, 5) is 38.5. The molecule has 1 aromatic heterocycles. The van der Waals surface area contributed by atoms with E-state index < -0.39 is 35.0 Å². The summed E-state index contributed by atoms with van der Waals surface area (Å²) >= 11 is 0.833. The summed E-state index contributed by atoms with van der Waals surface area (Å²) in [6, 6.07) is 11.3. The minimum Gasteiger partial charge on any atom is -0.466 e. The first-order chi connectivity index (χ1) is 15.8. The second-order valence-corrected chi connectivity index (χ2v) is 8.13. The number of benzene rings is 2. The number of fused-ring (bicyclic) bond motifs is 1. The van der Waals surface area contributed by atoms with Crippen molar-refractivity contribution >= 4 is 40.7 Å². The quantitative estimate of drug-likeness (QED) is 0.547. The van der Waals surface area contributed by atoms with Gasteiger partial charge in [0.2, 0.25) is 5.91 Å². The molecule has 2 heterocycles. The Morgan fingerprint density at radius 2 is 1.70 bits per heavy atom. The van der Waals surface area contributed by atoms with E-state index in [1.807, 2.05) is 0 Å². The molecule has 0 saturated carbocycles. The van der Waals surface area contributed by atoms with E-state index >= 15 is 0 Å². The third-order valence-electron chi connectivity index (χ3n) is 5.23. The molecule has 1 aliphatic heterocycles. The fourth-order valence-corrected chi connectivity index (χ4v) is 4.92. The molecule has 0 spiro atoms. The summed E-state index contributed by atoms with van der Waals surface area (Å²) in [7, 11) is 1.09. The Morgan fingerprint density at radius 3 is 2.30 bits per heavy atom. The molecule has 0 aliphatic carbocycles. The molecular weight excluding hydrogens is 452 g/mol. The first-order valence-corrected chi connectivity index (χ1v) is 10.4. The van der Waals surface area contributed by atoms with Crippen molar-refractivity contribution < 1.29 is 23.1 Å². The van der Waals surface area contributed by atoms with Gasteiger partial charge >= 0.3 is 5.97 Å². The van der Waals surface area contributed by atoms with Gasteiger partial charge in [0.25, 0.3) is 5.56 Å². The number of aromatic nitrogens is 1. The predicted molar refractivity (Wildman–Crippen MR) is 119 cm³/mol. The van der Waals surface area contributed by atoms with Crippen LogP contribution in [0.4, 0.5) is 8.78 Å². The molecule has 4 N–H and O–H groups in total. The van der Waals surface area contributed by atoms with Crippen LogP contribution in [0.1, 0.15) is 17.0 Å². The molecule has 4 rings (SSSR count). The highest BCUT2D eigenvalue weighted by molar-refractivity contribution is 7.07. The molecule has 1 aliphatic rings. The number of hydrogen-bond acceptors (Lipinski definition) is 6. The summed E-state index contributed by atoms with van der Waals surface area (Å²) in [5.41, 5.74) is 10.8. The van der Waals surface area contributed by atoms with Gasteiger partial charge < -0.3 is 16.2 Å². The first-order valence-electron chi connectivity index (χ1n) is 9.61. The van der Waals surface area contributed by atoms with Crippen molar-refractivity contribution in [3.8, 4) is 0 Å². The SMILES string of the molecule is COC(=O)C1=C(N)n2c(sc(=Cc3ccccc3F)c2=O)=C(C(N)=O)C1c1ccccc1F. The number of esters is 1. The van der Waals surface area contributed by atoms with E-state index in [0.29, 0.717) is 0 Å². The highest BCUT2D eigenvalue weighted by Crippen LogP contribution is 2.37. The summed E-state index contributed by atoms with van der Waals surface area (Å²) in [6.07, 6.45) is 1.30. The van der Waals surface area contributed by atoms with Crippen molar-refractivity contribution in [1.29, 1.82) is 0 Å². The summed E-state index contributed by atoms with van der Waals surface area (Å²) in [5, 5.41) is 0. The van der Waals surface area contributed by atoms with Gasteiger partial charge in [-0.3, -0.25) is 14.2 Å². The van der Waals surface area contributed by atoms with Crippen LogP contribution in [0.3, 0.4) is 0 Å². The average Bonchev–Trinajstić information content (AvgIpc) is 3.10. The van der Waals surface area contributed by atoms with Crippen molar-refractivity contribution in [2.75, 3.05) is 7.11 Å². The van der Waals surface area contributed by atoms with Gasteiger partial charge in [-0.25, -0.2) is 13.6 Å². The van der Waals surface area contributed by atoms with Crippen LogP contribution < -0.4 is 26.2 Å². The third kappa shape index (κ3) is 3.64. The Labute approximate surface area is 189 Å². The van der Waals surface area contributed by atoms with Gasteiger partial charge in [-0.2, -0.15) is 0 Å². The van der Waals surface area contributed by atoms with Gasteiger partial charge in [-0.15, -0.1) is 11.3 Å². The Hall–Kier alpha value is -4.05. The lowest BCUT2D eigenvalue weighted by Crippen LogP contribution is -2.42. The van der Waals surface area contributed by atoms with Gasteiger partial charge in [0.15, 0.2) is 0 Å². The molecule has 33 heavy (non-hydrogen) atoms. The number of ether oxygens (including phenoxy) is 1. The molecule has 1 amide bonds. The van der Waals surface area contributed by atoms with Crippen LogP contribution in [0.2, 0.25) is 0 Å². The Bertz CT molecular complexity index is 1520. The smallest absolute Gasteiger partial charge is 0.338 e. The Kier molecular flexibility index (Phi) is 5.69. The van der Waals surface area contributed by atoms with E-state index in [0.717, 1.165) is 29.1 Å². The highest BCUT2D eigenvalue weighted by Gasteiger charge is 2.39. The average molecular weight is 469 g/mol. The van der Waals surface area contributed by atoms with E-state index in [4.69, 9.17) is 16.2 Å². The number of amides is 1. The van der Waals surface area contributed by atoms with Crippen molar-refractivity contribution in [1.82, 2.24) is 4.57 Å². The van der Waals surface area contributed by atoms with Crippen molar-refractivity contribution in [2.45, 2.75) is 5.92 Å².